The SMILES string of the molecule is CC(=O)N1C[C@H](C(=O)N[C@@H]2CCOc3ccccc32)Oc2ccccc21. The molecule has 2 aliphatic rings. The number of hydrogen-bond acceptors (Lipinski definition) is 4. The fourth-order valence-corrected chi connectivity index (χ4v) is 3.43. The number of nitrogens with zero attached hydrogens (tertiary/aromatic N) is 1. The number of rotatable bonds is 2. The summed E-state index contributed by atoms with van der Waals surface area (Å²) in [6, 6.07) is 14.8. The first-order valence-electron chi connectivity index (χ1n) is 8.69. The minimum atomic E-state index is -0.746. The summed E-state index contributed by atoms with van der Waals surface area (Å²) in [5.41, 5.74) is 1.66. The molecule has 0 saturated carbocycles. The first-order chi connectivity index (χ1) is 12.6. The van der Waals surface area contributed by atoms with E-state index in [-0.39, 0.29) is 24.4 Å². The summed E-state index contributed by atoms with van der Waals surface area (Å²) < 4.78 is 11.5. The third kappa shape index (κ3) is 2.98. The van der Waals surface area contributed by atoms with Crippen LogP contribution >= 0.6 is 0 Å². The molecular weight excluding hydrogens is 332 g/mol. The summed E-state index contributed by atoms with van der Waals surface area (Å²) in [6.07, 6.45) is -0.0496. The number of fused-ring (bicyclic) bond motifs is 2. The zero-order valence-electron chi connectivity index (χ0n) is 14.5. The first kappa shape index (κ1) is 16.4. The van der Waals surface area contributed by atoms with Gasteiger partial charge in [0, 0.05) is 18.9 Å². The van der Waals surface area contributed by atoms with Crippen molar-refractivity contribution >= 4 is 17.5 Å². The molecule has 0 bridgehead atoms. The van der Waals surface area contributed by atoms with E-state index in [1.165, 1.54) is 6.92 Å². The van der Waals surface area contributed by atoms with E-state index in [4.69, 9.17) is 9.47 Å². The molecule has 26 heavy (non-hydrogen) atoms. The van der Waals surface area contributed by atoms with E-state index in [0.717, 1.165) is 11.3 Å². The summed E-state index contributed by atoms with van der Waals surface area (Å²) in [7, 11) is 0. The molecule has 0 spiro atoms. The van der Waals surface area contributed by atoms with E-state index in [1.807, 2.05) is 42.5 Å². The van der Waals surface area contributed by atoms with Gasteiger partial charge in [0.1, 0.15) is 11.5 Å². The molecule has 1 N–H and O–H groups in total. The maximum atomic E-state index is 12.8. The Bertz CT molecular complexity index is 851. The minimum Gasteiger partial charge on any atom is -0.493 e. The average molecular weight is 352 g/mol. The van der Waals surface area contributed by atoms with E-state index in [0.29, 0.717) is 24.5 Å². The summed E-state index contributed by atoms with van der Waals surface area (Å²) in [4.78, 5) is 26.4. The maximum absolute atomic E-state index is 12.8. The Balaban J connectivity index is 1.54. The average Bonchev–Trinajstić information content (AvgIpc) is 2.67. The Labute approximate surface area is 151 Å². The van der Waals surface area contributed by atoms with Gasteiger partial charge in [0.05, 0.1) is 24.9 Å². The summed E-state index contributed by atoms with van der Waals surface area (Å²) in [6.45, 7) is 2.24. The molecule has 0 fully saturated rings. The van der Waals surface area contributed by atoms with Crippen molar-refractivity contribution in [3.05, 3.63) is 54.1 Å². The lowest BCUT2D eigenvalue weighted by Crippen LogP contribution is -2.51. The molecule has 134 valence electrons. The number of hydrogen-bond donors (Lipinski definition) is 1. The highest BCUT2D eigenvalue weighted by atomic mass is 16.5. The molecule has 0 saturated heterocycles. The number of para-hydroxylation sites is 3. The number of anilines is 1. The van der Waals surface area contributed by atoms with Gasteiger partial charge in [-0.3, -0.25) is 9.59 Å². The lowest BCUT2D eigenvalue weighted by atomic mass is 10.00. The van der Waals surface area contributed by atoms with Crippen molar-refractivity contribution in [1.29, 1.82) is 0 Å². The summed E-state index contributed by atoms with van der Waals surface area (Å²) in [5.74, 6) is 0.994. The molecule has 2 amide bonds. The number of carbonyl (C=O) groups excluding carboxylic acids is 2. The third-order valence-corrected chi connectivity index (χ3v) is 4.72. The molecule has 0 radical (unpaired) electrons. The number of nitrogens with one attached hydrogen (secondary N) is 1. The van der Waals surface area contributed by atoms with E-state index < -0.39 is 6.10 Å². The Morgan fingerprint density at radius 1 is 1.08 bits per heavy atom. The Morgan fingerprint density at radius 2 is 1.81 bits per heavy atom. The smallest absolute Gasteiger partial charge is 0.263 e. The van der Waals surface area contributed by atoms with Crippen LogP contribution in [0.5, 0.6) is 11.5 Å². The maximum Gasteiger partial charge on any atom is 0.263 e. The molecule has 6 nitrogen and oxygen atoms in total. The van der Waals surface area contributed by atoms with Crippen LogP contribution in [0.15, 0.2) is 48.5 Å². The van der Waals surface area contributed by atoms with E-state index in [2.05, 4.69) is 5.32 Å². The quantitative estimate of drug-likeness (QED) is 0.901. The standard InChI is InChI=1S/C20H20N2O4/c1-13(23)22-12-19(26-18-9-5-3-7-16(18)22)20(24)21-15-10-11-25-17-8-4-2-6-14(15)17/h2-9,15,19H,10-12H2,1H3,(H,21,24)/t15-,19-/m1/s1. The molecule has 2 aliphatic heterocycles. The zero-order valence-corrected chi connectivity index (χ0v) is 14.5. The minimum absolute atomic E-state index is 0.116. The van der Waals surface area contributed by atoms with Crippen LogP contribution in [-0.4, -0.2) is 31.1 Å². The van der Waals surface area contributed by atoms with Crippen molar-refractivity contribution in [3.63, 3.8) is 0 Å². The van der Waals surface area contributed by atoms with Gasteiger partial charge in [-0.2, -0.15) is 0 Å². The zero-order chi connectivity index (χ0) is 18.1. The molecule has 0 aromatic heterocycles. The highest BCUT2D eigenvalue weighted by molar-refractivity contribution is 5.96. The predicted molar refractivity (Wildman–Crippen MR) is 96.3 cm³/mol. The monoisotopic (exact) mass is 352 g/mol. The third-order valence-electron chi connectivity index (χ3n) is 4.72. The number of amides is 2. The number of ether oxygens (including phenoxy) is 2. The van der Waals surface area contributed by atoms with Gasteiger partial charge >= 0.3 is 0 Å². The van der Waals surface area contributed by atoms with Gasteiger partial charge in [-0.05, 0) is 18.2 Å². The molecule has 0 aliphatic carbocycles. The van der Waals surface area contributed by atoms with Crippen LogP contribution in [-0.2, 0) is 9.59 Å². The highest BCUT2D eigenvalue weighted by Gasteiger charge is 2.34. The molecule has 2 aromatic carbocycles. The lowest BCUT2D eigenvalue weighted by Gasteiger charge is -2.35. The van der Waals surface area contributed by atoms with E-state index in [9.17, 15) is 9.59 Å². The lowest BCUT2D eigenvalue weighted by molar-refractivity contribution is -0.129. The van der Waals surface area contributed by atoms with Crippen LogP contribution in [0.2, 0.25) is 0 Å². The van der Waals surface area contributed by atoms with Gasteiger partial charge in [0.2, 0.25) is 5.91 Å². The Morgan fingerprint density at radius 3 is 2.62 bits per heavy atom. The van der Waals surface area contributed by atoms with Crippen molar-refractivity contribution in [3.8, 4) is 11.5 Å². The van der Waals surface area contributed by atoms with Crippen LogP contribution in [0.25, 0.3) is 0 Å². The fraction of sp³-hybridized carbons (Fsp3) is 0.300. The first-order valence-corrected chi connectivity index (χ1v) is 8.69. The molecule has 2 aromatic rings. The number of carbonyl (C=O) groups is 2. The van der Waals surface area contributed by atoms with Gasteiger partial charge in [0.25, 0.3) is 5.91 Å². The predicted octanol–water partition coefficient (Wildman–Crippen LogP) is 2.44. The van der Waals surface area contributed by atoms with E-state index in [1.54, 1.807) is 11.0 Å². The topological polar surface area (TPSA) is 67.9 Å². The van der Waals surface area contributed by atoms with Gasteiger partial charge in [-0.1, -0.05) is 30.3 Å². The molecule has 2 heterocycles. The Kier molecular flexibility index (Phi) is 4.24. The van der Waals surface area contributed by atoms with Crippen molar-refractivity contribution in [1.82, 2.24) is 5.32 Å². The molecule has 4 rings (SSSR count). The summed E-state index contributed by atoms with van der Waals surface area (Å²) in [5, 5.41) is 3.05. The second-order valence-electron chi connectivity index (χ2n) is 6.44. The van der Waals surface area contributed by atoms with Crippen LogP contribution in [0.1, 0.15) is 24.9 Å². The normalized spacial score (nSPS) is 20.9. The second-order valence-corrected chi connectivity index (χ2v) is 6.44. The highest BCUT2D eigenvalue weighted by Crippen LogP contribution is 2.34. The molecule has 2 atom stereocenters. The van der Waals surface area contributed by atoms with Gasteiger partial charge in [0.15, 0.2) is 6.10 Å². The molecule has 0 unspecified atom stereocenters. The van der Waals surface area contributed by atoms with Crippen LogP contribution in [0.4, 0.5) is 5.69 Å². The second kappa shape index (κ2) is 6.71. The molecule has 6 heteroatoms. The molecular formula is C20H20N2O4. The summed E-state index contributed by atoms with van der Waals surface area (Å²) >= 11 is 0. The fourth-order valence-electron chi connectivity index (χ4n) is 3.43. The Hall–Kier alpha value is -3.02. The van der Waals surface area contributed by atoms with Crippen LogP contribution in [0.3, 0.4) is 0 Å². The van der Waals surface area contributed by atoms with Crippen molar-refractivity contribution in [2.75, 3.05) is 18.1 Å². The van der Waals surface area contributed by atoms with Gasteiger partial charge < -0.3 is 19.7 Å². The van der Waals surface area contributed by atoms with Crippen LogP contribution < -0.4 is 19.7 Å². The van der Waals surface area contributed by atoms with Crippen LogP contribution in [0, 0.1) is 0 Å². The van der Waals surface area contributed by atoms with Gasteiger partial charge in [-0.15, -0.1) is 0 Å². The van der Waals surface area contributed by atoms with E-state index >= 15 is 0 Å². The van der Waals surface area contributed by atoms with Crippen molar-refractivity contribution in [2.45, 2.75) is 25.5 Å². The number of benzene rings is 2. The van der Waals surface area contributed by atoms with Crippen molar-refractivity contribution < 1.29 is 19.1 Å². The van der Waals surface area contributed by atoms with Gasteiger partial charge in [-0.25, -0.2) is 0 Å². The largest absolute Gasteiger partial charge is 0.493 e. The van der Waals surface area contributed by atoms with Crippen molar-refractivity contribution in [2.24, 2.45) is 0 Å².